The van der Waals surface area contributed by atoms with Crippen molar-refractivity contribution in [3.8, 4) is 10.8 Å². The second-order valence-electron chi connectivity index (χ2n) is 6.45. The Morgan fingerprint density at radius 2 is 2.04 bits per heavy atom. The molecule has 6 heteroatoms. The van der Waals surface area contributed by atoms with Gasteiger partial charge in [0, 0.05) is 13.1 Å². The number of nitrogens with zero attached hydrogens (tertiary/aromatic N) is 2. The van der Waals surface area contributed by atoms with Crippen molar-refractivity contribution in [1.29, 1.82) is 0 Å². The lowest BCUT2D eigenvalue weighted by Gasteiger charge is -2.22. The SMILES string of the molecule is CCCCCN(Cc1ccc(F)cc1)C(=O)Cc1coc(-c2cccs2)n1. The maximum Gasteiger partial charge on any atom is 0.236 e. The Balaban J connectivity index is 1.67. The van der Waals surface area contributed by atoms with E-state index in [0.717, 1.165) is 29.7 Å². The van der Waals surface area contributed by atoms with Crippen LogP contribution in [0.4, 0.5) is 4.39 Å². The molecule has 0 radical (unpaired) electrons. The Bertz CT molecular complexity index is 843. The molecule has 0 bridgehead atoms. The van der Waals surface area contributed by atoms with E-state index < -0.39 is 0 Å². The normalized spacial score (nSPS) is 10.9. The van der Waals surface area contributed by atoms with Crippen LogP contribution >= 0.6 is 11.3 Å². The number of oxazole rings is 1. The molecule has 0 saturated heterocycles. The van der Waals surface area contributed by atoms with Crippen LogP contribution in [0.3, 0.4) is 0 Å². The van der Waals surface area contributed by atoms with Gasteiger partial charge in [0.1, 0.15) is 12.1 Å². The first-order valence-electron chi connectivity index (χ1n) is 9.16. The average Bonchev–Trinajstić information content (AvgIpc) is 3.34. The molecular weight excluding hydrogens is 363 g/mol. The molecule has 27 heavy (non-hydrogen) atoms. The number of hydrogen-bond acceptors (Lipinski definition) is 4. The molecule has 2 aromatic heterocycles. The first-order valence-corrected chi connectivity index (χ1v) is 10.0. The predicted octanol–water partition coefficient (Wildman–Crippen LogP) is 5.30. The summed E-state index contributed by atoms with van der Waals surface area (Å²) in [6.45, 7) is 3.28. The Hall–Kier alpha value is -2.47. The Morgan fingerprint density at radius 1 is 1.22 bits per heavy atom. The fourth-order valence-corrected chi connectivity index (χ4v) is 3.48. The zero-order chi connectivity index (χ0) is 19.1. The lowest BCUT2D eigenvalue weighted by molar-refractivity contribution is -0.131. The van der Waals surface area contributed by atoms with Crippen molar-refractivity contribution in [2.24, 2.45) is 0 Å². The number of aromatic nitrogens is 1. The molecule has 0 aliphatic heterocycles. The topological polar surface area (TPSA) is 46.3 Å². The van der Waals surface area contributed by atoms with Crippen molar-refractivity contribution in [3.63, 3.8) is 0 Å². The average molecular weight is 386 g/mol. The molecule has 4 nitrogen and oxygen atoms in total. The van der Waals surface area contributed by atoms with Crippen LogP contribution in [0.2, 0.25) is 0 Å². The minimum atomic E-state index is -0.272. The third kappa shape index (κ3) is 5.50. The van der Waals surface area contributed by atoms with E-state index in [2.05, 4.69) is 11.9 Å². The van der Waals surface area contributed by atoms with Crippen molar-refractivity contribution in [2.75, 3.05) is 6.54 Å². The molecular formula is C21H23FN2O2S. The first-order chi connectivity index (χ1) is 13.2. The maximum atomic E-state index is 13.1. The molecule has 2 heterocycles. The largest absolute Gasteiger partial charge is 0.444 e. The van der Waals surface area contributed by atoms with Gasteiger partial charge in [0.2, 0.25) is 11.8 Å². The van der Waals surface area contributed by atoms with Crippen molar-refractivity contribution in [1.82, 2.24) is 9.88 Å². The van der Waals surface area contributed by atoms with Gasteiger partial charge in [-0.05, 0) is 35.6 Å². The summed E-state index contributed by atoms with van der Waals surface area (Å²) in [6.07, 6.45) is 4.85. The smallest absolute Gasteiger partial charge is 0.236 e. The van der Waals surface area contributed by atoms with Crippen LogP contribution in [0.5, 0.6) is 0 Å². The van der Waals surface area contributed by atoms with Gasteiger partial charge in [0.05, 0.1) is 17.0 Å². The highest BCUT2D eigenvalue weighted by atomic mass is 32.1. The van der Waals surface area contributed by atoms with Gasteiger partial charge in [-0.1, -0.05) is 38.0 Å². The van der Waals surface area contributed by atoms with E-state index in [9.17, 15) is 9.18 Å². The quantitative estimate of drug-likeness (QED) is 0.469. The van der Waals surface area contributed by atoms with Crippen molar-refractivity contribution >= 4 is 17.2 Å². The molecule has 1 aromatic carbocycles. The number of amides is 1. The number of carbonyl (C=O) groups excluding carboxylic acids is 1. The number of unbranched alkanes of at least 4 members (excludes halogenated alkanes) is 2. The second-order valence-corrected chi connectivity index (χ2v) is 7.39. The summed E-state index contributed by atoms with van der Waals surface area (Å²) in [5.41, 5.74) is 1.55. The highest BCUT2D eigenvalue weighted by Gasteiger charge is 2.17. The molecule has 0 N–H and O–H groups in total. The third-order valence-corrected chi connectivity index (χ3v) is 5.14. The number of thiophene rings is 1. The summed E-state index contributed by atoms with van der Waals surface area (Å²) in [4.78, 5) is 20.0. The predicted molar refractivity (Wildman–Crippen MR) is 105 cm³/mol. The molecule has 0 aliphatic rings. The van der Waals surface area contributed by atoms with E-state index in [1.54, 1.807) is 29.7 Å². The van der Waals surface area contributed by atoms with E-state index in [1.165, 1.54) is 12.1 Å². The third-order valence-electron chi connectivity index (χ3n) is 4.29. The molecule has 0 aliphatic carbocycles. The maximum absolute atomic E-state index is 13.1. The van der Waals surface area contributed by atoms with Gasteiger partial charge in [-0.2, -0.15) is 0 Å². The molecule has 0 atom stereocenters. The molecule has 0 spiro atoms. The molecule has 3 aromatic rings. The van der Waals surface area contributed by atoms with E-state index in [1.807, 2.05) is 22.4 Å². The van der Waals surface area contributed by atoms with Crippen LogP contribution < -0.4 is 0 Å². The zero-order valence-corrected chi connectivity index (χ0v) is 16.2. The van der Waals surface area contributed by atoms with Crippen molar-refractivity contribution < 1.29 is 13.6 Å². The molecule has 1 amide bonds. The molecule has 142 valence electrons. The monoisotopic (exact) mass is 386 g/mol. The van der Waals surface area contributed by atoms with Crippen LogP contribution in [-0.4, -0.2) is 22.3 Å². The van der Waals surface area contributed by atoms with Gasteiger partial charge >= 0.3 is 0 Å². The number of halogens is 1. The van der Waals surface area contributed by atoms with E-state index in [4.69, 9.17) is 4.42 Å². The van der Waals surface area contributed by atoms with Crippen LogP contribution in [0, 0.1) is 5.82 Å². The Kier molecular flexibility index (Phi) is 6.76. The van der Waals surface area contributed by atoms with E-state index >= 15 is 0 Å². The summed E-state index contributed by atoms with van der Waals surface area (Å²) in [7, 11) is 0. The second kappa shape index (κ2) is 9.46. The van der Waals surface area contributed by atoms with E-state index in [-0.39, 0.29) is 18.1 Å². The van der Waals surface area contributed by atoms with Gasteiger partial charge in [-0.25, -0.2) is 9.37 Å². The number of hydrogen-bond donors (Lipinski definition) is 0. The van der Waals surface area contributed by atoms with E-state index in [0.29, 0.717) is 24.7 Å². The Labute approximate surface area is 162 Å². The first kappa shape index (κ1) is 19.3. The minimum Gasteiger partial charge on any atom is -0.444 e. The fourth-order valence-electron chi connectivity index (χ4n) is 2.82. The van der Waals surface area contributed by atoms with Gasteiger partial charge < -0.3 is 9.32 Å². The number of rotatable bonds is 9. The Morgan fingerprint density at radius 3 is 2.74 bits per heavy atom. The van der Waals surface area contributed by atoms with Gasteiger partial charge in [0.25, 0.3) is 0 Å². The highest BCUT2D eigenvalue weighted by Crippen LogP contribution is 2.24. The van der Waals surface area contributed by atoms with Crippen molar-refractivity contribution in [2.45, 2.75) is 39.2 Å². The lowest BCUT2D eigenvalue weighted by atomic mass is 10.1. The molecule has 0 saturated carbocycles. The van der Waals surface area contributed by atoms with Crippen LogP contribution in [-0.2, 0) is 17.8 Å². The van der Waals surface area contributed by atoms with Crippen LogP contribution in [0.1, 0.15) is 37.4 Å². The van der Waals surface area contributed by atoms with Crippen LogP contribution in [0.25, 0.3) is 10.8 Å². The molecule has 0 fully saturated rings. The standard InChI is InChI=1S/C21H23FN2O2S/c1-2-3-4-11-24(14-16-7-9-17(22)10-8-16)20(25)13-18-15-26-21(23-18)19-6-5-12-27-19/h5-10,12,15H,2-4,11,13-14H2,1H3. The lowest BCUT2D eigenvalue weighted by Crippen LogP contribution is -2.33. The number of benzene rings is 1. The summed E-state index contributed by atoms with van der Waals surface area (Å²) in [5.74, 6) is 0.275. The van der Waals surface area contributed by atoms with Crippen LogP contribution in [0.15, 0.2) is 52.5 Å². The van der Waals surface area contributed by atoms with Gasteiger partial charge in [0.15, 0.2) is 0 Å². The fraction of sp³-hybridized carbons (Fsp3) is 0.333. The summed E-state index contributed by atoms with van der Waals surface area (Å²) < 4.78 is 18.6. The number of carbonyl (C=O) groups is 1. The van der Waals surface area contributed by atoms with Crippen molar-refractivity contribution in [3.05, 3.63) is 65.1 Å². The highest BCUT2D eigenvalue weighted by molar-refractivity contribution is 7.13. The van der Waals surface area contributed by atoms with Gasteiger partial charge in [-0.3, -0.25) is 4.79 Å². The van der Waals surface area contributed by atoms with Gasteiger partial charge in [-0.15, -0.1) is 11.3 Å². The summed E-state index contributed by atoms with van der Waals surface area (Å²) >= 11 is 1.55. The summed E-state index contributed by atoms with van der Waals surface area (Å²) in [6, 6.07) is 10.2. The molecule has 0 unspecified atom stereocenters. The molecule has 3 rings (SSSR count). The minimum absolute atomic E-state index is 0.00135. The zero-order valence-electron chi connectivity index (χ0n) is 15.4. The summed E-state index contributed by atoms with van der Waals surface area (Å²) in [5, 5.41) is 1.96.